The highest BCUT2D eigenvalue weighted by Gasteiger charge is 2.23. The molecule has 2 nitrogen and oxygen atoms in total. The summed E-state index contributed by atoms with van der Waals surface area (Å²) in [4.78, 5) is 2.53. The third kappa shape index (κ3) is 2.28. The van der Waals surface area contributed by atoms with Crippen LogP contribution in [0, 0.1) is 13.8 Å². The molecule has 1 aliphatic rings. The molecule has 2 rings (SSSR count). The van der Waals surface area contributed by atoms with E-state index in [1.54, 1.807) is 0 Å². The first-order valence-electron chi connectivity index (χ1n) is 6.21. The number of benzene rings is 1. The van der Waals surface area contributed by atoms with Crippen LogP contribution in [0.5, 0.6) is 0 Å². The summed E-state index contributed by atoms with van der Waals surface area (Å²) in [6.07, 6.45) is 2.56. The van der Waals surface area contributed by atoms with E-state index in [0.29, 0.717) is 6.04 Å². The zero-order valence-electron chi connectivity index (χ0n) is 10.4. The zero-order chi connectivity index (χ0) is 11.5. The van der Waals surface area contributed by atoms with E-state index < -0.39 is 0 Å². The summed E-state index contributed by atoms with van der Waals surface area (Å²) >= 11 is 0. The molecule has 0 bridgehead atoms. The third-order valence-electron chi connectivity index (χ3n) is 3.86. The summed E-state index contributed by atoms with van der Waals surface area (Å²) in [5, 5.41) is 0. The van der Waals surface area contributed by atoms with Gasteiger partial charge in [-0.25, -0.2) is 0 Å². The lowest BCUT2D eigenvalue weighted by molar-refractivity contribution is 0.250. The fraction of sp³-hybridized carbons (Fsp3) is 0.571. The molecule has 1 aliphatic heterocycles. The second-order valence-corrected chi connectivity index (χ2v) is 4.86. The Balaban J connectivity index is 2.11. The van der Waals surface area contributed by atoms with Crippen LogP contribution in [-0.4, -0.2) is 24.0 Å². The van der Waals surface area contributed by atoms with E-state index in [-0.39, 0.29) is 0 Å². The first-order chi connectivity index (χ1) is 7.72. The van der Waals surface area contributed by atoms with Crippen LogP contribution < -0.4 is 5.73 Å². The van der Waals surface area contributed by atoms with Crippen molar-refractivity contribution in [3.8, 4) is 0 Å². The second kappa shape index (κ2) is 4.98. The van der Waals surface area contributed by atoms with Crippen LogP contribution in [0.2, 0.25) is 0 Å². The van der Waals surface area contributed by atoms with Gasteiger partial charge in [-0.1, -0.05) is 18.2 Å². The second-order valence-electron chi connectivity index (χ2n) is 4.86. The van der Waals surface area contributed by atoms with Crippen molar-refractivity contribution in [3.63, 3.8) is 0 Å². The van der Waals surface area contributed by atoms with Gasteiger partial charge >= 0.3 is 0 Å². The van der Waals surface area contributed by atoms with Gasteiger partial charge in [-0.05, 0) is 49.9 Å². The summed E-state index contributed by atoms with van der Waals surface area (Å²) in [6.45, 7) is 7.47. The molecule has 2 N–H and O–H groups in total. The van der Waals surface area contributed by atoms with Crippen LogP contribution in [0.1, 0.15) is 29.5 Å². The molecule has 2 heteroatoms. The molecule has 0 spiro atoms. The normalized spacial score (nSPS) is 21.6. The average Bonchev–Trinajstić information content (AvgIpc) is 2.72. The smallest absolute Gasteiger partial charge is 0.0239 e. The molecular formula is C14H22N2. The number of nitrogens with zero attached hydrogens (tertiary/aromatic N) is 1. The Kier molecular flexibility index (Phi) is 3.62. The minimum atomic E-state index is 0.597. The first-order valence-corrected chi connectivity index (χ1v) is 6.21. The van der Waals surface area contributed by atoms with Crippen molar-refractivity contribution in [3.05, 3.63) is 34.9 Å². The van der Waals surface area contributed by atoms with Crippen LogP contribution in [0.15, 0.2) is 18.2 Å². The quantitative estimate of drug-likeness (QED) is 0.843. The van der Waals surface area contributed by atoms with Gasteiger partial charge < -0.3 is 5.73 Å². The van der Waals surface area contributed by atoms with Crippen LogP contribution in [0.3, 0.4) is 0 Å². The Bertz CT molecular complexity index is 360. The molecule has 1 heterocycles. The maximum absolute atomic E-state index is 5.80. The first kappa shape index (κ1) is 11.6. The molecule has 1 unspecified atom stereocenters. The number of hydrogen-bond acceptors (Lipinski definition) is 2. The van der Waals surface area contributed by atoms with E-state index in [4.69, 9.17) is 5.73 Å². The van der Waals surface area contributed by atoms with Crippen molar-refractivity contribution in [1.82, 2.24) is 4.90 Å². The number of aryl methyl sites for hydroxylation is 1. The monoisotopic (exact) mass is 218 g/mol. The highest BCUT2D eigenvalue weighted by Crippen LogP contribution is 2.21. The van der Waals surface area contributed by atoms with Crippen molar-refractivity contribution in [1.29, 1.82) is 0 Å². The van der Waals surface area contributed by atoms with Gasteiger partial charge in [0.05, 0.1) is 0 Å². The predicted molar refractivity (Wildman–Crippen MR) is 68.4 cm³/mol. The lowest BCUT2D eigenvalue weighted by Gasteiger charge is -2.24. The van der Waals surface area contributed by atoms with E-state index in [0.717, 1.165) is 13.1 Å². The topological polar surface area (TPSA) is 29.3 Å². The molecule has 0 saturated carbocycles. The zero-order valence-corrected chi connectivity index (χ0v) is 10.4. The van der Waals surface area contributed by atoms with Gasteiger partial charge in [0.1, 0.15) is 0 Å². The van der Waals surface area contributed by atoms with Crippen LogP contribution in [-0.2, 0) is 6.54 Å². The van der Waals surface area contributed by atoms with Gasteiger partial charge in [-0.3, -0.25) is 4.90 Å². The maximum atomic E-state index is 5.80. The third-order valence-corrected chi connectivity index (χ3v) is 3.86. The summed E-state index contributed by atoms with van der Waals surface area (Å²) in [6, 6.07) is 7.18. The summed E-state index contributed by atoms with van der Waals surface area (Å²) in [5.41, 5.74) is 10.1. The number of likely N-dealkylation sites (tertiary alicyclic amines) is 1. The molecule has 0 radical (unpaired) electrons. The minimum absolute atomic E-state index is 0.597. The molecule has 0 aliphatic carbocycles. The summed E-state index contributed by atoms with van der Waals surface area (Å²) < 4.78 is 0. The molecule has 88 valence electrons. The molecule has 0 aromatic heterocycles. The van der Waals surface area contributed by atoms with Crippen molar-refractivity contribution >= 4 is 0 Å². The molecule has 1 aromatic carbocycles. The Hall–Kier alpha value is -0.860. The fourth-order valence-electron chi connectivity index (χ4n) is 2.57. The minimum Gasteiger partial charge on any atom is -0.329 e. The Morgan fingerprint density at radius 1 is 1.38 bits per heavy atom. The molecule has 16 heavy (non-hydrogen) atoms. The molecule has 1 saturated heterocycles. The lowest BCUT2D eigenvalue weighted by atomic mass is 10.0. The summed E-state index contributed by atoms with van der Waals surface area (Å²) in [7, 11) is 0. The van der Waals surface area contributed by atoms with E-state index in [1.807, 2.05) is 0 Å². The Morgan fingerprint density at radius 3 is 2.94 bits per heavy atom. The SMILES string of the molecule is Cc1cccc(CN2CCCC2CN)c1C. The molecular weight excluding hydrogens is 196 g/mol. The molecule has 0 amide bonds. The van der Waals surface area contributed by atoms with Gasteiger partial charge in [-0.2, -0.15) is 0 Å². The van der Waals surface area contributed by atoms with Crippen LogP contribution >= 0.6 is 0 Å². The fourth-order valence-corrected chi connectivity index (χ4v) is 2.57. The van der Waals surface area contributed by atoms with E-state index >= 15 is 0 Å². The van der Waals surface area contributed by atoms with E-state index in [9.17, 15) is 0 Å². The van der Waals surface area contributed by atoms with Crippen LogP contribution in [0.4, 0.5) is 0 Å². The summed E-state index contributed by atoms with van der Waals surface area (Å²) in [5.74, 6) is 0. The highest BCUT2D eigenvalue weighted by atomic mass is 15.2. The Morgan fingerprint density at radius 2 is 2.19 bits per heavy atom. The highest BCUT2D eigenvalue weighted by molar-refractivity contribution is 5.33. The van der Waals surface area contributed by atoms with Crippen LogP contribution in [0.25, 0.3) is 0 Å². The van der Waals surface area contributed by atoms with Gasteiger partial charge in [0.15, 0.2) is 0 Å². The average molecular weight is 218 g/mol. The number of rotatable bonds is 3. The van der Waals surface area contributed by atoms with Gasteiger partial charge in [0, 0.05) is 19.1 Å². The van der Waals surface area contributed by atoms with E-state index in [1.165, 1.54) is 36.1 Å². The van der Waals surface area contributed by atoms with Gasteiger partial charge in [0.2, 0.25) is 0 Å². The molecule has 1 atom stereocenters. The van der Waals surface area contributed by atoms with E-state index in [2.05, 4.69) is 36.9 Å². The lowest BCUT2D eigenvalue weighted by Crippen LogP contribution is -2.35. The van der Waals surface area contributed by atoms with Crippen molar-refractivity contribution in [2.75, 3.05) is 13.1 Å². The van der Waals surface area contributed by atoms with Gasteiger partial charge in [-0.15, -0.1) is 0 Å². The predicted octanol–water partition coefficient (Wildman–Crippen LogP) is 2.23. The standard InChI is InChI=1S/C14H22N2/c1-11-5-3-6-13(12(11)2)10-16-8-4-7-14(16)9-15/h3,5-6,14H,4,7-10,15H2,1-2H3. The van der Waals surface area contributed by atoms with Crippen molar-refractivity contribution in [2.24, 2.45) is 5.73 Å². The molecule has 1 aromatic rings. The maximum Gasteiger partial charge on any atom is 0.0239 e. The largest absolute Gasteiger partial charge is 0.329 e. The Labute approximate surface area is 98.4 Å². The number of hydrogen-bond donors (Lipinski definition) is 1. The molecule has 1 fully saturated rings. The van der Waals surface area contributed by atoms with Crippen molar-refractivity contribution < 1.29 is 0 Å². The van der Waals surface area contributed by atoms with Crippen molar-refractivity contribution in [2.45, 2.75) is 39.3 Å². The van der Waals surface area contributed by atoms with Gasteiger partial charge in [0.25, 0.3) is 0 Å². The number of nitrogens with two attached hydrogens (primary N) is 1.